The van der Waals surface area contributed by atoms with E-state index in [0.717, 1.165) is 16.0 Å². The number of hydrogen-bond donors (Lipinski definition) is 1. The molecule has 0 fully saturated rings. The molecule has 0 radical (unpaired) electrons. The van der Waals surface area contributed by atoms with Crippen molar-refractivity contribution in [3.63, 3.8) is 0 Å². The molecule has 0 aliphatic carbocycles. The van der Waals surface area contributed by atoms with Crippen molar-refractivity contribution in [3.8, 4) is 0 Å². The molecule has 0 aliphatic rings. The number of nitrogens with zero attached hydrogens (tertiary/aromatic N) is 1. The maximum absolute atomic E-state index is 13.5. The molecule has 1 aromatic heterocycles. The fraction of sp³-hybridized carbons (Fsp3) is 0.308. The lowest BCUT2D eigenvalue weighted by Crippen LogP contribution is -2.08. The minimum absolute atomic E-state index is 0.210. The van der Waals surface area contributed by atoms with E-state index in [1.54, 1.807) is 6.20 Å². The van der Waals surface area contributed by atoms with Crippen LogP contribution in [-0.2, 0) is 6.42 Å². The second-order valence-electron chi connectivity index (χ2n) is 4.21. The highest BCUT2D eigenvalue weighted by atomic mass is 32.1. The van der Waals surface area contributed by atoms with Crippen LogP contribution in [0.25, 0.3) is 0 Å². The lowest BCUT2D eigenvalue weighted by Gasteiger charge is -2.02. The topological polar surface area (TPSA) is 38.9 Å². The fourth-order valence-electron chi connectivity index (χ4n) is 1.59. The Hall–Kier alpha value is -1.33. The fourth-order valence-corrected chi connectivity index (χ4v) is 2.59. The predicted molar refractivity (Wildman–Crippen MR) is 68.7 cm³/mol. The molecule has 1 heterocycles. The van der Waals surface area contributed by atoms with Gasteiger partial charge in [0.1, 0.15) is 11.6 Å². The SMILES string of the molecule is CC(CN)c1ncc(Cc2ccc(F)cc2F)s1. The Labute approximate surface area is 108 Å². The van der Waals surface area contributed by atoms with E-state index in [1.165, 1.54) is 23.5 Å². The minimum atomic E-state index is -0.557. The molecule has 2 rings (SSSR count). The molecular formula is C13H14F2N2S. The molecule has 96 valence electrons. The Morgan fingerprint density at radius 1 is 1.39 bits per heavy atom. The number of halogens is 2. The average Bonchev–Trinajstić information content (AvgIpc) is 2.80. The molecule has 2 nitrogen and oxygen atoms in total. The molecule has 0 amide bonds. The summed E-state index contributed by atoms with van der Waals surface area (Å²) in [5, 5.41) is 0.954. The van der Waals surface area contributed by atoms with Crippen LogP contribution in [0.4, 0.5) is 8.78 Å². The van der Waals surface area contributed by atoms with E-state index < -0.39 is 11.6 Å². The van der Waals surface area contributed by atoms with Gasteiger partial charge in [-0.1, -0.05) is 13.0 Å². The van der Waals surface area contributed by atoms with Gasteiger partial charge in [-0.15, -0.1) is 11.3 Å². The first kappa shape index (κ1) is 13.1. The van der Waals surface area contributed by atoms with Crippen molar-refractivity contribution in [2.45, 2.75) is 19.3 Å². The van der Waals surface area contributed by atoms with Crippen molar-refractivity contribution in [1.82, 2.24) is 4.98 Å². The van der Waals surface area contributed by atoms with Crippen LogP contribution in [0.3, 0.4) is 0 Å². The summed E-state index contributed by atoms with van der Waals surface area (Å²) in [6, 6.07) is 3.64. The molecule has 0 saturated carbocycles. The van der Waals surface area contributed by atoms with Crippen molar-refractivity contribution in [3.05, 3.63) is 51.5 Å². The summed E-state index contributed by atoms with van der Waals surface area (Å²) in [4.78, 5) is 5.23. The number of rotatable bonds is 4. The highest BCUT2D eigenvalue weighted by Crippen LogP contribution is 2.24. The van der Waals surface area contributed by atoms with E-state index in [-0.39, 0.29) is 5.92 Å². The maximum Gasteiger partial charge on any atom is 0.129 e. The highest BCUT2D eigenvalue weighted by Gasteiger charge is 2.11. The molecule has 0 aliphatic heterocycles. The molecule has 2 N–H and O–H groups in total. The summed E-state index contributed by atoms with van der Waals surface area (Å²) in [6.07, 6.45) is 2.16. The first-order valence-corrected chi connectivity index (χ1v) is 6.50. The molecular weight excluding hydrogens is 254 g/mol. The van der Waals surface area contributed by atoms with Crippen LogP contribution in [0.5, 0.6) is 0 Å². The zero-order valence-corrected chi connectivity index (χ0v) is 10.8. The van der Waals surface area contributed by atoms with Gasteiger partial charge >= 0.3 is 0 Å². The summed E-state index contributed by atoms with van der Waals surface area (Å²) in [5.74, 6) is -0.864. The van der Waals surface area contributed by atoms with Gasteiger partial charge in [0.05, 0.1) is 5.01 Å². The van der Waals surface area contributed by atoms with E-state index in [9.17, 15) is 8.78 Å². The van der Waals surface area contributed by atoms with Crippen molar-refractivity contribution in [1.29, 1.82) is 0 Å². The van der Waals surface area contributed by atoms with Gasteiger partial charge in [0, 0.05) is 36.0 Å². The van der Waals surface area contributed by atoms with Gasteiger partial charge in [-0.2, -0.15) is 0 Å². The van der Waals surface area contributed by atoms with Crippen LogP contribution in [0, 0.1) is 11.6 Å². The zero-order chi connectivity index (χ0) is 13.1. The number of benzene rings is 1. The molecule has 1 unspecified atom stereocenters. The third-order valence-corrected chi connectivity index (χ3v) is 3.96. The zero-order valence-electron chi connectivity index (χ0n) is 9.99. The Balaban J connectivity index is 2.16. The number of thiazole rings is 1. The Morgan fingerprint density at radius 3 is 2.83 bits per heavy atom. The monoisotopic (exact) mass is 268 g/mol. The van der Waals surface area contributed by atoms with Gasteiger partial charge in [-0.05, 0) is 11.6 Å². The van der Waals surface area contributed by atoms with Gasteiger partial charge < -0.3 is 5.73 Å². The first-order chi connectivity index (χ1) is 8.60. The quantitative estimate of drug-likeness (QED) is 0.925. The summed E-state index contributed by atoms with van der Waals surface area (Å²) < 4.78 is 26.3. The smallest absolute Gasteiger partial charge is 0.129 e. The van der Waals surface area contributed by atoms with Crippen molar-refractivity contribution in [2.24, 2.45) is 5.73 Å². The summed E-state index contributed by atoms with van der Waals surface area (Å²) in [6.45, 7) is 2.54. The van der Waals surface area contributed by atoms with Crippen LogP contribution in [-0.4, -0.2) is 11.5 Å². The Bertz CT molecular complexity index is 540. The van der Waals surface area contributed by atoms with Gasteiger partial charge in [0.25, 0.3) is 0 Å². The molecule has 18 heavy (non-hydrogen) atoms. The predicted octanol–water partition coefficient (Wildman–Crippen LogP) is 3.07. The summed E-state index contributed by atoms with van der Waals surface area (Å²) in [5.41, 5.74) is 6.05. The highest BCUT2D eigenvalue weighted by molar-refractivity contribution is 7.11. The van der Waals surface area contributed by atoms with Gasteiger partial charge in [-0.25, -0.2) is 13.8 Å². The molecule has 5 heteroatoms. The number of hydrogen-bond acceptors (Lipinski definition) is 3. The lowest BCUT2D eigenvalue weighted by atomic mass is 10.1. The Kier molecular flexibility index (Phi) is 4.04. The molecule has 0 saturated heterocycles. The summed E-state index contributed by atoms with van der Waals surface area (Å²) >= 11 is 1.52. The lowest BCUT2D eigenvalue weighted by molar-refractivity contribution is 0.575. The maximum atomic E-state index is 13.5. The molecule has 0 spiro atoms. The minimum Gasteiger partial charge on any atom is -0.330 e. The van der Waals surface area contributed by atoms with Gasteiger partial charge in [0.15, 0.2) is 0 Å². The van der Waals surface area contributed by atoms with E-state index in [1.807, 2.05) is 6.92 Å². The van der Waals surface area contributed by atoms with Gasteiger partial charge in [0.2, 0.25) is 0 Å². The van der Waals surface area contributed by atoms with E-state index in [0.29, 0.717) is 18.5 Å². The largest absolute Gasteiger partial charge is 0.330 e. The van der Waals surface area contributed by atoms with E-state index in [2.05, 4.69) is 4.98 Å². The van der Waals surface area contributed by atoms with Crippen LogP contribution >= 0.6 is 11.3 Å². The number of aromatic nitrogens is 1. The average molecular weight is 268 g/mol. The van der Waals surface area contributed by atoms with E-state index >= 15 is 0 Å². The first-order valence-electron chi connectivity index (χ1n) is 5.68. The Morgan fingerprint density at radius 2 is 2.17 bits per heavy atom. The van der Waals surface area contributed by atoms with Crippen molar-refractivity contribution >= 4 is 11.3 Å². The van der Waals surface area contributed by atoms with Crippen LogP contribution in [0.15, 0.2) is 24.4 Å². The van der Waals surface area contributed by atoms with Gasteiger partial charge in [-0.3, -0.25) is 0 Å². The van der Waals surface area contributed by atoms with E-state index in [4.69, 9.17) is 5.73 Å². The van der Waals surface area contributed by atoms with Crippen molar-refractivity contribution in [2.75, 3.05) is 6.54 Å². The third kappa shape index (κ3) is 2.91. The normalized spacial score (nSPS) is 12.7. The standard InChI is InChI=1S/C13H14F2N2S/c1-8(6-16)13-17-7-11(18-13)4-9-2-3-10(14)5-12(9)15/h2-3,5,7-8H,4,6,16H2,1H3. The second kappa shape index (κ2) is 5.54. The van der Waals surface area contributed by atoms with Crippen LogP contribution < -0.4 is 5.73 Å². The van der Waals surface area contributed by atoms with Crippen molar-refractivity contribution < 1.29 is 8.78 Å². The molecule has 1 atom stereocenters. The molecule has 1 aromatic carbocycles. The molecule has 2 aromatic rings. The summed E-state index contributed by atoms with van der Waals surface area (Å²) in [7, 11) is 0. The van der Waals surface area contributed by atoms with Crippen LogP contribution in [0.1, 0.15) is 28.3 Å². The van der Waals surface area contributed by atoms with Crippen LogP contribution in [0.2, 0.25) is 0 Å². The third-order valence-electron chi connectivity index (χ3n) is 2.73. The second-order valence-corrected chi connectivity index (χ2v) is 5.36. The number of nitrogens with two attached hydrogens (primary N) is 1. The molecule has 0 bridgehead atoms.